The van der Waals surface area contributed by atoms with E-state index in [1.807, 2.05) is 19.1 Å². The van der Waals surface area contributed by atoms with E-state index in [-0.39, 0.29) is 19.8 Å². The highest BCUT2D eigenvalue weighted by atomic mass is 16.5. The molecule has 1 aliphatic rings. The van der Waals surface area contributed by atoms with Crippen LogP contribution in [0.2, 0.25) is 0 Å². The number of amides is 3. The number of nitrogens with one attached hydrogen (secondary N) is 2. The molecule has 9 heteroatoms. The van der Waals surface area contributed by atoms with Crippen molar-refractivity contribution < 1.29 is 28.7 Å². The first-order chi connectivity index (χ1) is 15.8. The molecule has 0 radical (unpaired) electrons. The lowest BCUT2D eigenvalue weighted by Gasteiger charge is -2.29. The summed E-state index contributed by atoms with van der Waals surface area (Å²) < 4.78 is 10.1. The maximum Gasteiger partial charge on any atom is 0.326 e. The number of anilines is 2. The summed E-state index contributed by atoms with van der Waals surface area (Å²) >= 11 is 0. The van der Waals surface area contributed by atoms with E-state index in [1.165, 1.54) is 4.90 Å². The molecule has 1 atom stereocenters. The highest BCUT2D eigenvalue weighted by Gasteiger charge is 2.54. The smallest absolute Gasteiger partial charge is 0.326 e. The van der Waals surface area contributed by atoms with Gasteiger partial charge in [-0.3, -0.25) is 19.3 Å². The van der Waals surface area contributed by atoms with Crippen LogP contribution in [0.5, 0.6) is 0 Å². The van der Waals surface area contributed by atoms with Crippen LogP contribution in [0.4, 0.5) is 16.2 Å². The van der Waals surface area contributed by atoms with Gasteiger partial charge in [0.25, 0.3) is 5.91 Å². The number of nitrogens with zero attached hydrogens (tertiary/aromatic N) is 1. The van der Waals surface area contributed by atoms with E-state index in [0.29, 0.717) is 16.9 Å². The molecular formula is C24H27N3O6. The first-order valence-electron chi connectivity index (χ1n) is 10.7. The van der Waals surface area contributed by atoms with Crippen molar-refractivity contribution >= 4 is 35.3 Å². The number of hydrogen-bond acceptors (Lipinski definition) is 6. The van der Waals surface area contributed by atoms with Gasteiger partial charge in [-0.25, -0.2) is 4.79 Å². The Kier molecular flexibility index (Phi) is 7.32. The lowest BCUT2D eigenvalue weighted by molar-refractivity contribution is -0.147. The second-order valence-electron chi connectivity index (χ2n) is 7.55. The molecule has 2 N–H and O–H groups in total. The van der Waals surface area contributed by atoms with Crippen LogP contribution in [0.25, 0.3) is 0 Å². The van der Waals surface area contributed by atoms with Crippen LogP contribution in [-0.4, -0.2) is 43.6 Å². The van der Waals surface area contributed by atoms with Crippen molar-refractivity contribution in [2.24, 2.45) is 0 Å². The van der Waals surface area contributed by atoms with Crippen molar-refractivity contribution in [3.05, 3.63) is 59.7 Å². The van der Waals surface area contributed by atoms with E-state index in [2.05, 4.69) is 10.6 Å². The molecule has 0 aromatic heterocycles. The van der Waals surface area contributed by atoms with Crippen molar-refractivity contribution in [1.82, 2.24) is 5.32 Å². The molecule has 0 aliphatic carbocycles. The third-order valence-electron chi connectivity index (χ3n) is 5.21. The number of fused-ring (bicyclic) bond motifs is 1. The summed E-state index contributed by atoms with van der Waals surface area (Å²) in [7, 11) is 0. The summed E-state index contributed by atoms with van der Waals surface area (Å²) in [4.78, 5) is 52.5. The van der Waals surface area contributed by atoms with Gasteiger partial charge in [0.2, 0.25) is 0 Å². The summed E-state index contributed by atoms with van der Waals surface area (Å²) in [6.45, 7) is 5.17. The Morgan fingerprint density at radius 2 is 1.58 bits per heavy atom. The Morgan fingerprint density at radius 1 is 0.939 bits per heavy atom. The Balaban J connectivity index is 1.98. The summed E-state index contributed by atoms with van der Waals surface area (Å²) in [5.74, 6) is -1.88. The molecular weight excluding hydrogens is 426 g/mol. The van der Waals surface area contributed by atoms with Gasteiger partial charge in [0.05, 0.1) is 25.3 Å². The lowest BCUT2D eigenvalue weighted by Crippen LogP contribution is -2.56. The van der Waals surface area contributed by atoms with Gasteiger partial charge in [-0.2, -0.15) is 0 Å². The van der Waals surface area contributed by atoms with E-state index in [9.17, 15) is 19.2 Å². The zero-order chi connectivity index (χ0) is 24.0. The molecule has 2 aromatic carbocycles. The molecule has 9 nitrogen and oxygen atoms in total. The Hall–Kier alpha value is -3.88. The third-order valence-corrected chi connectivity index (χ3v) is 5.21. The number of ether oxygens (including phenoxy) is 2. The van der Waals surface area contributed by atoms with E-state index in [4.69, 9.17) is 9.47 Å². The molecule has 1 aliphatic heterocycles. The van der Waals surface area contributed by atoms with Crippen molar-refractivity contribution in [3.8, 4) is 0 Å². The van der Waals surface area contributed by atoms with Crippen LogP contribution in [-0.2, 0) is 29.4 Å². The van der Waals surface area contributed by atoms with Crippen LogP contribution in [0.15, 0.2) is 48.5 Å². The molecule has 0 bridgehead atoms. The molecule has 0 saturated carbocycles. The Labute approximate surface area is 192 Å². The number of benzene rings is 2. The largest absolute Gasteiger partial charge is 0.466 e. The normalized spacial score (nSPS) is 16.7. The van der Waals surface area contributed by atoms with Gasteiger partial charge in [0.15, 0.2) is 5.54 Å². The molecule has 1 heterocycles. The average molecular weight is 453 g/mol. The summed E-state index contributed by atoms with van der Waals surface area (Å²) in [5.41, 5.74) is 0.604. The number of carbonyl (C=O) groups excluding carboxylic acids is 4. The number of urea groups is 1. The zero-order valence-electron chi connectivity index (χ0n) is 18.8. The number of para-hydroxylation sites is 1. The van der Waals surface area contributed by atoms with Crippen molar-refractivity contribution in [2.45, 2.75) is 32.7 Å². The summed E-state index contributed by atoms with van der Waals surface area (Å²) in [6.07, 6.45) is -0.433. The van der Waals surface area contributed by atoms with Gasteiger partial charge < -0.3 is 20.1 Å². The molecule has 3 amide bonds. The molecule has 0 unspecified atom stereocenters. The first-order valence-corrected chi connectivity index (χ1v) is 10.7. The summed E-state index contributed by atoms with van der Waals surface area (Å²) in [6, 6.07) is 13.1. The van der Waals surface area contributed by atoms with Crippen molar-refractivity contribution in [2.75, 3.05) is 30.0 Å². The summed E-state index contributed by atoms with van der Waals surface area (Å²) in [5, 5.41) is 5.38. The topological polar surface area (TPSA) is 114 Å². The standard InChI is InChI=1S/C24H27N3O6/c1-4-32-20(28)14-24(26-23(31)25-17-12-10-16(3)11-13-17)18-8-6-7-9-19(18)27(22(24)30)15-21(29)33-5-2/h6-13H,4-5,14-15H2,1-3H3,(H2,25,26,31)/t24-/m0/s1. The van der Waals surface area contributed by atoms with Crippen molar-refractivity contribution in [3.63, 3.8) is 0 Å². The van der Waals surface area contributed by atoms with Crippen LogP contribution in [0.3, 0.4) is 0 Å². The van der Waals surface area contributed by atoms with Crippen LogP contribution >= 0.6 is 0 Å². The molecule has 0 spiro atoms. The van der Waals surface area contributed by atoms with Gasteiger partial charge in [0.1, 0.15) is 6.54 Å². The average Bonchev–Trinajstić information content (AvgIpc) is 2.98. The lowest BCUT2D eigenvalue weighted by atomic mass is 9.87. The number of rotatable bonds is 8. The maximum atomic E-state index is 13.7. The van der Waals surface area contributed by atoms with Crippen LogP contribution < -0.4 is 15.5 Å². The van der Waals surface area contributed by atoms with Crippen LogP contribution in [0, 0.1) is 6.92 Å². The molecule has 0 saturated heterocycles. The highest BCUT2D eigenvalue weighted by Crippen LogP contribution is 2.42. The minimum atomic E-state index is -1.75. The van der Waals surface area contributed by atoms with Gasteiger partial charge in [-0.05, 0) is 39.0 Å². The van der Waals surface area contributed by atoms with E-state index < -0.39 is 35.8 Å². The van der Waals surface area contributed by atoms with Gasteiger partial charge >= 0.3 is 18.0 Å². The fourth-order valence-electron chi connectivity index (χ4n) is 3.78. The number of carbonyl (C=O) groups is 4. The quantitative estimate of drug-likeness (QED) is 0.594. The third kappa shape index (κ3) is 5.14. The number of aryl methyl sites for hydroxylation is 1. The van der Waals surface area contributed by atoms with Crippen molar-refractivity contribution in [1.29, 1.82) is 0 Å². The molecule has 3 rings (SSSR count). The molecule has 33 heavy (non-hydrogen) atoms. The minimum absolute atomic E-state index is 0.118. The van der Waals surface area contributed by atoms with Gasteiger partial charge in [-0.1, -0.05) is 35.9 Å². The molecule has 174 valence electrons. The first kappa shape index (κ1) is 23.8. The molecule has 2 aromatic rings. The number of esters is 2. The fraction of sp³-hybridized carbons (Fsp3) is 0.333. The SMILES string of the molecule is CCOC(=O)CN1C(=O)[C@@](CC(=O)OCC)(NC(=O)Nc2ccc(C)cc2)c2ccccc21. The minimum Gasteiger partial charge on any atom is -0.466 e. The second kappa shape index (κ2) is 10.2. The van der Waals surface area contributed by atoms with Gasteiger partial charge in [-0.15, -0.1) is 0 Å². The Bertz CT molecular complexity index is 1050. The predicted octanol–water partition coefficient (Wildman–Crippen LogP) is 2.87. The maximum absolute atomic E-state index is 13.7. The highest BCUT2D eigenvalue weighted by molar-refractivity contribution is 6.13. The second-order valence-corrected chi connectivity index (χ2v) is 7.55. The predicted molar refractivity (Wildman–Crippen MR) is 122 cm³/mol. The number of hydrogen-bond donors (Lipinski definition) is 2. The molecule has 0 fully saturated rings. The van der Waals surface area contributed by atoms with Gasteiger partial charge in [0, 0.05) is 11.3 Å². The van der Waals surface area contributed by atoms with Crippen LogP contribution in [0.1, 0.15) is 31.4 Å². The monoisotopic (exact) mass is 453 g/mol. The van der Waals surface area contributed by atoms with E-state index in [0.717, 1.165) is 5.56 Å². The Morgan fingerprint density at radius 3 is 2.24 bits per heavy atom. The van der Waals surface area contributed by atoms with E-state index in [1.54, 1.807) is 50.2 Å². The zero-order valence-corrected chi connectivity index (χ0v) is 18.8. The fourth-order valence-corrected chi connectivity index (χ4v) is 3.78. The van der Waals surface area contributed by atoms with E-state index >= 15 is 0 Å².